The average Bonchev–Trinajstić information content (AvgIpc) is 3.42. The largest absolute Gasteiger partial charge is 0.418 e. The maximum absolute atomic E-state index is 14.2. The number of aryl methyl sites for hydroxylation is 1. The number of halogens is 3. The Morgan fingerprint density at radius 2 is 1.95 bits per heavy atom. The first-order chi connectivity index (χ1) is 18.6. The second-order valence-electron chi connectivity index (χ2n) is 11.2. The standard InChI is InChI=1S/C28H31F3N6O2/c1-27(39-3)15-35(16-27)12-18-10-22(28(29,30)31)23-14-36(26(38)37(23)13-18)21-9-5-8-20(11-21)24(19-6-4-7-19)25-33-32-17-34(25)2/h5,8-11,13-14,17,19,24H,4,6-7,12,15-16H2,1-3H3/t24-/m1/s1. The van der Waals surface area contributed by atoms with E-state index in [0.29, 0.717) is 36.8 Å². The topological polar surface area (TPSA) is 69.6 Å². The van der Waals surface area contributed by atoms with Crippen molar-refractivity contribution in [1.29, 1.82) is 0 Å². The van der Waals surface area contributed by atoms with Crippen LogP contribution in [0.3, 0.4) is 0 Å². The number of aromatic nitrogens is 5. The van der Waals surface area contributed by atoms with Crippen molar-refractivity contribution in [3.05, 3.63) is 82.1 Å². The highest BCUT2D eigenvalue weighted by atomic mass is 19.4. The van der Waals surface area contributed by atoms with E-state index in [9.17, 15) is 18.0 Å². The lowest BCUT2D eigenvalue weighted by Gasteiger charge is -2.47. The Bertz CT molecular complexity index is 1580. The molecule has 2 fully saturated rings. The Morgan fingerprint density at radius 1 is 1.18 bits per heavy atom. The SMILES string of the molecule is COC1(C)CN(Cc2cc(C(F)(F)F)c3cn(-c4cccc([C@H](c5nncn5C)C5CCC5)c4)c(=O)n3c2)C1. The van der Waals surface area contributed by atoms with E-state index in [1.165, 1.54) is 17.0 Å². The van der Waals surface area contributed by atoms with E-state index in [1.54, 1.807) is 19.5 Å². The maximum atomic E-state index is 14.2. The van der Waals surface area contributed by atoms with Crippen LogP contribution in [0.2, 0.25) is 0 Å². The summed E-state index contributed by atoms with van der Waals surface area (Å²) in [4.78, 5) is 15.5. The van der Waals surface area contributed by atoms with Crippen molar-refractivity contribution in [3.8, 4) is 5.69 Å². The van der Waals surface area contributed by atoms with Crippen molar-refractivity contribution in [2.24, 2.45) is 13.0 Å². The van der Waals surface area contributed by atoms with Crippen LogP contribution in [0.4, 0.5) is 13.2 Å². The number of ether oxygens (including phenoxy) is 1. The Kier molecular flexibility index (Phi) is 6.18. The van der Waals surface area contributed by atoms with Crippen LogP contribution in [0.25, 0.3) is 11.2 Å². The van der Waals surface area contributed by atoms with Gasteiger partial charge in [0.1, 0.15) is 12.2 Å². The molecule has 1 aliphatic heterocycles. The molecule has 8 nitrogen and oxygen atoms in total. The Morgan fingerprint density at radius 3 is 2.56 bits per heavy atom. The van der Waals surface area contributed by atoms with Crippen LogP contribution >= 0.6 is 0 Å². The van der Waals surface area contributed by atoms with Gasteiger partial charge in [-0.25, -0.2) is 4.79 Å². The van der Waals surface area contributed by atoms with Crippen LogP contribution in [-0.2, 0) is 24.5 Å². The van der Waals surface area contributed by atoms with Crippen LogP contribution in [0.15, 0.2) is 53.8 Å². The molecule has 1 aromatic carbocycles. The number of alkyl halides is 3. The first kappa shape index (κ1) is 25.8. The summed E-state index contributed by atoms with van der Waals surface area (Å²) in [7, 11) is 3.53. The molecule has 206 valence electrons. The van der Waals surface area contributed by atoms with Crippen LogP contribution in [0.5, 0.6) is 0 Å². The number of nitrogens with zero attached hydrogens (tertiary/aromatic N) is 6. The third-order valence-corrected chi connectivity index (χ3v) is 8.30. The highest BCUT2D eigenvalue weighted by Gasteiger charge is 2.40. The molecule has 1 aliphatic carbocycles. The van der Waals surface area contributed by atoms with E-state index >= 15 is 0 Å². The molecule has 4 heterocycles. The fraction of sp³-hybridized carbons (Fsp3) is 0.464. The van der Waals surface area contributed by atoms with Crippen LogP contribution in [-0.4, -0.2) is 54.4 Å². The predicted molar refractivity (Wildman–Crippen MR) is 139 cm³/mol. The highest BCUT2D eigenvalue weighted by molar-refractivity contribution is 5.58. The number of methoxy groups -OCH3 is 1. The molecule has 2 aliphatic rings. The van der Waals surface area contributed by atoms with Gasteiger partial charge in [-0.2, -0.15) is 13.2 Å². The van der Waals surface area contributed by atoms with E-state index in [0.717, 1.165) is 41.1 Å². The van der Waals surface area contributed by atoms with Crippen molar-refractivity contribution in [1.82, 2.24) is 28.6 Å². The average molecular weight is 541 g/mol. The number of rotatable bonds is 7. The van der Waals surface area contributed by atoms with E-state index in [2.05, 4.69) is 10.2 Å². The molecule has 39 heavy (non-hydrogen) atoms. The predicted octanol–water partition coefficient (Wildman–Crippen LogP) is 4.39. The number of hydrogen-bond acceptors (Lipinski definition) is 5. The minimum absolute atomic E-state index is 0.00872. The number of benzene rings is 1. The smallest absolute Gasteiger partial charge is 0.376 e. The Hall–Kier alpha value is -3.44. The lowest BCUT2D eigenvalue weighted by molar-refractivity contribution is -0.136. The van der Waals surface area contributed by atoms with Gasteiger partial charge in [0.25, 0.3) is 0 Å². The van der Waals surface area contributed by atoms with E-state index in [-0.39, 0.29) is 17.0 Å². The summed E-state index contributed by atoms with van der Waals surface area (Å²) in [6, 6.07) is 8.62. The zero-order chi connectivity index (χ0) is 27.5. The minimum atomic E-state index is -4.61. The van der Waals surface area contributed by atoms with Crippen LogP contribution in [0.1, 0.15) is 54.6 Å². The van der Waals surface area contributed by atoms with Crippen molar-refractivity contribution in [2.75, 3.05) is 20.2 Å². The van der Waals surface area contributed by atoms with Gasteiger partial charge in [0.15, 0.2) is 0 Å². The van der Waals surface area contributed by atoms with E-state index < -0.39 is 17.4 Å². The molecule has 11 heteroatoms. The number of imidazole rings is 1. The molecule has 1 saturated heterocycles. The van der Waals surface area contributed by atoms with Gasteiger partial charge in [-0.3, -0.25) is 13.9 Å². The number of pyridine rings is 1. The molecule has 0 N–H and O–H groups in total. The second kappa shape index (κ2) is 9.34. The summed E-state index contributed by atoms with van der Waals surface area (Å²) in [5, 5.41) is 8.41. The summed E-state index contributed by atoms with van der Waals surface area (Å²) in [5.41, 5.74) is 0.0637. The summed E-state index contributed by atoms with van der Waals surface area (Å²) >= 11 is 0. The van der Waals surface area contributed by atoms with Crippen LogP contribution in [0, 0.1) is 5.92 Å². The molecule has 1 atom stereocenters. The van der Waals surface area contributed by atoms with Crippen LogP contribution < -0.4 is 5.69 Å². The van der Waals surface area contributed by atoms with Gasteiger partial charge in [-0.15, -0.1) is 10.2 Å². The third kappa shape index (κ3) is 4.57. The molecule has 1 saturated carbocycles. The van der Waals surface area contributed by atoms with E-state index in [4.69, 9.17) is 4.74 Å². The summed E-state index contributed by atoms with van der Waals surface area (Å²) in [6.45, 7) is 3.48. The van der Waals surface area contributed by atoms with Gasteiger partial charge in [-0.05, 0) is 55.0 Å². The normalized spacial score (nSPS) is 18.7. The second-order valence-corrected chi connectivity index (χ2v) is 11.2. The minimum Gasteiger partial charge on any atom is -0.376 e. The molecular weight excluding hydrogens is 509 g/mol. The third-order valence-electron chi connectivity index (χ3n) is 8.30. The molecule has 0 unspecified atom stereocenters. The first-order valence-corrected chi connectivity index (χ1v) is 13.1. The van der Waals surface area contributed by atoms with Gasteiger partial charge >= 0.3 is 11.9 Å². The monoisotopic (exact) mass is 540 g/mol. The number of fused-ring (bicyclic) bond motifs is 1. The fourth-order valence-corrected chi connectivity index (χ4v) is 5.99. The van der Waals surface area contributed by atoms with Crippen molar-refractivity contribution in [3.63, 3.8) is 0 Å². The molecule has 3 aromatic heterocycles. The van der Waals surface area contributed by atoms with Gasteiger partial charge in [0, 0.05) is 52.1 Å². The lowest BCUT2D eigenvalue weighted by atomic mass is 9.72. The Labute approximate surface area is 223 Å². The summed E-state index contributed by atoms with van der Waals surface area (Å²) in [5.74, 6) is 1.23. The quantitative estimate of drug-likeness (QED) is 0.348. The molecule has 6 rings (SSSR count). The summed E-state index contributed by atoms with van der Waals surface area (Å²) < 4.78 is 52.3. The molecule has 0 radical (unpaired) electrons. The molecule has 0 amide bonds. The lowest BCUT2D eigenvalue weighted by Crippen LogP contribution is -2.60. The first-order valence-electron chi connectivity index (χ1n) is 13.1. The van der Waals surface area contributed by atoms with Gasteiger partial charge in [0.05, 0.1) is 22.4 Å². The molecular formula is C28H31F3N6O2. The molecule has 0 spiro atoms. The fourth-order valence-electron chi connectivity index (χ4n) is 5.99. The van der Waals surface area contributed by atoms with E-state index in [1.807, 2.05) is 41.6 Å². The number of likely N-dealkylation sites (tertiary alicyclic amines) is 1. The zero-order valence-electron chi connectivity index (χ0n) is 22.1. The van der Waals surface area contributed by atoms with Crippen molar-refractivity contribution >= 4 is 5.52 Å². The van der Waals surface area contributed by atoms with Gasteiger partial charge in [0.2, 0.25) is 0 Å². The molecule has 4 aromatic rings. The van der Waals surface area contributed by atoms with Gasteiger partial charge in [-0.1, -0.05) is 18.6 Å². The maximum Gasteiger partial charge on any atom is 0.418 e. The summed E-state index contributed by atoms with van der Waals surface area (Å²) in [6.07, 6.45) is 3.15. The highest BCUT2D eigenvalue weighted by Crippen LogP contribution is 2.43. The van der Waals surface area contributed by atoms with Gasteiger partial charge < -0.3 is 9.30 Å². The molecule has 0 bridgehead atoms. The zero-order valence-corrected chi connectivity index (χ0v) is 22.1. The van der Waals surface area contributed by atoms with Crippen molar-refractivity contribution < 1.29 is 17.9 Å². The van der Waals surface area contributed by atoms with Crippen molar-refractivity contribution in [2.45, 2.75) is 50.4 Å². The number of hydrogen-bond donors (Lipinski definition) is 0. The Balaban J connectivity index is 1.41.